The minimum atomic E-state index is -1.03. The molecule has 284 valence electrons. The summed E-state index contributed by atoms with van der Waals surface area (Å²) in [6, 6.07) is 43.1. The van der Waals surface area contributed by atoms with Crippen molar-refractivity contribution in [3.8, 4) is 22.6 Å². The van der Waals surface area contributed by atoms with E-state index in [1.54, 1.807) is 42.6 Å². The molecular weight excluding hydrogens is 727 g/mol. The largest absolute Gasteiger partial charge is 0.478 e. The molecule has 0 saturated carbocycles. The molecule has 11 heteroatoms. The molecule has 1 fully saturated rings. The molecule has 10 nitrogen and oxygen atoms in total. The monoisotopic (exact) mass is 767 g/mol. The third-order valence-electron chi connectivity index (χ3n) is 9.55. The average molecular weight is 768 g/mol. The van der Waals surface area contributed by atoms with E-state index in [1.807, 2.05) is 103 Å². The zero-order valence-corrected chi connectivity index (χ0v) is 31.4. The predicted molar refractivity (Wildman–Crippen MR) is 216 cm³/mol. The minimum Gasteiger partial charge on any atom is -0.478 e. The first kappa shape index (κ1) is 38.3. The first-order valence-electron chi connectivity index (χ1n) is 18.2. The number of rotatable bonds is 13. The van der Waals surface area contributed by atoms with E-state index < -0.39 is 12.3 Å². The maximum Gasteiger partial charge on any atom is 0.338 e. The van der Waals surface area contributed by atoms with Gasteiger partial charge in [0.2, 0.25) is 0 Å². The number of aliphatic hydroxyl groups excluding tert-OH is 1. The van der Waals surface area contributed by atoms with Crippen LogP contribution in [0, 0.1) is 5.92 Å². The summed E-state index contributed by atoms with van der Waals surface area (Å²) in [5.41, 5.74) is 6.26. The van der Waals surface area contributed by atoms with Gasteiger partial charge in [-0.25, -0.2) is 14.6 Å². The second kappa shape index (κ2) is 18.1. The number of hydrogen-bond donors (Lipinski definition) is 4. The number of benzene rings is 5. The minimum absolute atomic E-state index is 0.0540. The van der Waals surface area contributed by atoms with Crippen molar-refractivity contribution in [1.82, 2.24) is 10.3 Å². The summed E-state index contributed by atoms with van der Waals surface area (Å²) in [7, 11) is 0. The predicted octanol–water partition coefficient (Wildman–Crippen LogP) is 9.64. The number of aromatic carboxylic acids is 1. The first-order valence-corrected chi connectivity index (χ1v) is 19.2. The van der Waals surface area contributed by atoms with Gasteiger partial charge in [-0.05, 0) is 76.3 Å². The molecule has 0 spiro atoms. The Bertz CT molecular complexity index is 2240. The van der Waals surface area contributed by atoms with Crippen LogP contribution in [0.25, 0.3) is 11.1 Å². The fourth-order valence-corrected chi connectivity index (χ4v) is 7.65. The molecule has 5 aromatic carbocycles. The van der Waals surface area contributed by atoms with Crippen LogP contribution in [0.5, 0.6) is 11.5 Å². The highest BCUT2D eigenvalue weighted by Gasteiger charge is 2.38. The van der Waals surface area contributed by atoms with Gasteiger partial charge < -0.3 is 35.1 Å². The smallest absolute Gasteiger partial charge is 0.338 e. The lowest BCUT2D eigenvalue weighted by molar-refractivity contribution is -0.268. The molecule has 0 unspecified atom stereocenters. The van der Waals surface area contributed by atoms with Gasteiger partial charge in [0.15, 0.2) is 6.29 Å². The fourth-order valence-electron chi connectivity index (χ4n) is 6.50. The second-order valence-corrected chi connectivity index (χ2v) is 14.3. The number of nitrogens with zero attached hydrogens (tertiary/aromatic N) is 1. The number of carboxylic acid groups (broad SMARTS) is 1. The number of amides is 2. The number of carbonyl (C=O) groups is 2. The van der Waals surface area contributed by atoms with Crippen molar-refractivity contribution >= 4 is 29.4 Å². The molecule has 0 aliphatic carbocycles. The molecule has 1 saturated heterocycles. The average Bonchev–Trinajstić information content (AvgIpc) is 3.24. The number of carbonyl (C=O) groups excluding carboxylic acids is 1. The number of thioether (sulfide) groups is 1. The van der Waals surface area contributed by atoms with E-state index in [2.05, 4.69) is 22.5 Å². The van der Waals surface area contributed by atoms with Gasteiger partial charge in [-0.2, -0.15) is 0 Å². The second-order valence-electron chi connectivity index (χ2n) is 13.3. The summed E-state index contributed by atoms with van der Waals surface area (Å²) in [6.45, 7) is 2.32. The van der Waals surface area contributed by atoms with Crippen LogP contribution in [0.15, 0.2) is 151 Å². The van der Waals surface area contributed by atoms with Gasteiger partial charge in [0.1, 0.15) is 16.5 Å². The number of anilines is 1. The van der Waals surface area contributed by atoms with Gasteiger partial charge >= 0.3 is 12.0 Å². The van der Waals surface area contributed by atoms with Crippen LogP contribution in [0.2, 0.25) is 0 Å². The van der Waals surface area contributed by atoms with Crippen LogP contribution >= 0.6 is 11.8 Å². The lowest BCUT2D eigenvalue weighted by Gasteiger charge is -2.41. The molecule has 1 aliphatic heterocycles. The third kappa shape index (κ3) is 9.45. The Kier molecular flexibility index (Phi) is 12.4. The summed E-state index contributed by atoms with van der Waals surface area (Å²) in [6.07, 6.45) is 0.261. The molecule has 2 amide bonds. The Hall–Kier alpha value is -5.98. The molecule has 4 atom stereocenters. The Balaban J connectivity index is 1.03. The molecule has 2 heterocycles. The number of ether oxygens (including phenoxy) is 3. The zero-order chi connectivity index (χ0) is 38.9. The van der Waals surface area contributed by atoms with Crippen LogP contribution in [0.1, 0.15) is 51.9 Å². The van der Waals surface area contributed by atoms with Crippen LogP contribution in [0.4, 0.5) is 10.5 Å². The van der Waals surface area contributed by atoms with E-state index in [0.717, 1.165) is 39.1 Å². The van der Waals surface area contributed by atoms with Crippen molar-refractivity contribution in [1.29, 1.82) is 0 Å². The third-order valence-corrected chi connectivity index (χ3v) is 10.6. The Morgan fingerprint density at radius 1 is 0.786 bits per heavy atom. The lowest BCUT2D eigenvalue weighted by atomic mass is 9.91. The topological polar surface area (TPSA) is 139 Å². The van der Waals surface area contributed by atoms with Gasteiger partial charge in [-0.1, -0.05) is 97.9 Å². The highest BCUT2D eigenvalue weighted by Crippen LogP contribution is 2.43. The number of nitrogens with one attached hydrogen (secondary N) is 2. The SMILES string of the molecule is C[C@@H]1[C@H](CSc2ncccc2C(=O)O)O[C@H](c2ccc(-c3ccccc3CNC(=O)Nc3ccc(Oc4ccccc4)cc3)cc2)O[C@@H]1c1ccc(CO)cc1. The molecule has 56 heavy (non-hydrogen) atoms. The van der Waals surface area contributed by atoms with E-state index >= 15 is 0 Å². The maximum atomic E-state index is 12.9. The highest BCUT2D eigenvalue weighted by molar-refractivity contribution is 7.99. The molecule has 1 aliphatic rings. The number of aromatic nitrogens is 1. The summed E-state index contributed by atoms with van der Waals surface area (Å²) < 4.78 is 19.1. The fraction of sp³-hybridized carbons (Fsp3) is 0.178. The van der Waals surface area contributed by atoms with Gasteiger partial charge in [-0.3, -0.25) is 0 Å². The van der Waals surface area contributed by atoms with Crippen LogP contribution in [-0.4, -0.2) is 39.1 Å². The molecule has 0 radical (unpaired) electrons. The van der Waals surface area contributed by atoms with Crippen LogP contribution < -0.4 is 15.4 Å². The summed E-state index contributed by atoms with van der Waals surface area (Å²) in [5.74, 6) is 0.753. The molecule has 0 bridgehead atoms. The maximum absolute atomic E-state index is 12.9. The molecule has 7 rings (SSSR count). The molecular formula is C45H41N3O7S. The first-order chi connectivity index (χ1) is 27.3. The standard InChI is InChI=1S/C45H41N3O7S/c1-29-40(28-56-42-39(43(50)51)12-7-25-46-42)54-44(55-41(29)32-15-13-30(27-49)14-16-32)33-19-17-31(18-20-33)38-11-6-5-8-34(38)26-47-45(52)48-35-21-23-37(24-22-35)53-36-9-3-2-4-10-36/h2-25,29,40-41,44,49H,26-28H2,1H3,(H,50,51)(H2,47,48,52)/t29-,40+,41+,44+/m1/s1. The zero-order valence-electron chi connectivity index (χ0n) is 30.6. The van der Waals surface area contributed by atoms with Crippen molar-refractivity contribution in [2.24, 2.45) is 5.92 Å². The van der Waals surface area contributed by atoms with Crippen molar-refractivity contribution in [2.45, 2.75) is 43.6 Å². The Morgan fingerprint density at radius 3 is 2.21 bits per heavy atom. The number of carboxylic acids is 1. The molecule has 6 aromatic rings. The lowest BCUT2D eigenvalue weighted by Crippen LogP contribution is -2.38. The van der Waals surface area contributed by atoms with Crippen LogP contribution in [-0.2, 0) is 22.6 Å². The number of hydrogen-bond acceptors (Lipinski definition) is 8. The van der Waals surface area contributed by atoms with Crippen molar-refractivity contribution in [2.75, 3.05) is 11.1 Å². The van der Waals surface area contributed by atoms with Gasteiger partial charge in [0, 0.05) is 35.7 Å². The summed E-state index contributed by atoms with van der Waals surface area (Å²) in [5, 5.41) is 25.6. The van der Waals surface area contributed by atoms with E-state index in [0.29, 0.717) is 28.8 Å². The molecule has 1 aromatic heterocycles. The summed E-state index contributed by atoms with van der Waals surface area (Å²) >= 11 is 1.35. The van der Waals surface area contributed by atoms with Crippen molar-refractivity contribution in [3.05, 3.63) is 174 Å². The van der Waals surface area contributed by atoms with E-state index in [9.17, 15) is 19.8 Å². The quantitative estimate of drug-likeness (QED) is 0.0846. The number of aliphatic hydroxyl groups is 1. The number of pyridine rings is 1. The Labute approximate surface area is 329 Å². The van der Waals surface area contributed by atoms with Gasteiger partial charge in [0.05, 0.1) is 24.4 Å². The molecule has 4 N–H and O–H groups in total. The van der Waals surface area contributed by atoms with Gasteiger partial charge in [-0.15, -0.1) is 11.8 Å². The Morgan fingerprint density at radius 2 is 1.48 bits per heavy atom. The van der Waals surface area contributed by atoms with Crippen molar-refractivity contribution in [3.63, 3.8) is 0 Å². The summed E-state index contributed by atoms with van der Waals surface area (Å²) in [4.78, 5) is 29.1. The van der Waals surface area contributed by atoms with E-state index in [-0.39, 0.29) is 36.3 Å². The van der Waals surface area contributed by atoms with Gasteiger partial charge in [0.25, 0.3) is 0 Å². The normalized spacial score (nSPS) is 17.8. The highest BCUT2D eigenvalue weighted by atomic mass is 32.2. The number of para-hydroxylation sites is 1. The number of urea groups is 1. The van der Waals surface area contributed by atoms with E-state index in [1.165, 1.54) is 11.8 Å². The van der Waals surface area contributed by atoms with Crippen LogP contribution in [0.3, 0.4) is 0 Å². The van der Waals surface area contributed by atoms with E-state index in [4.69, 9.17) is 14.2 Å². The van der Waals surface area contributed by atoms with Crippen molar-refractivity contribution < 1.29 is 34.0 Å².